The summed E-state index contributed by atoms with van der Waals surface area (Å²) in [5, 5.41) is 18.8. The Balaban J connectivity index is 1.36. The number of aromatic nitrogens is 2. The molecule has 0 bridgehead atoms. The number of benzene rings is 2. The first kappa shape index (κ1) is 19.9. The molecule has 2 N–H and O–H groups in total. The van der Waals surface area contributed by atoms with E-state index in [2.05, 4.69) is 39.2 Å². The molecule has 7 heteroatoms. The molecule has 2 aliphatic rings. The Labute approximate surface area is 182 Å². The molecule has 0 atom stereocenters. The van der Waals surface area contributed by atoms with Crippen molar-refractivity contribution in [3.8, 4) is 5.75 Å². The van der Waals surface area contributed by atoms with Crippen molar-refractivity contribution in [2.24, 2.45) is 5.92 Å². The maximum atomic E-state index is 13.2. The molecule has 7 nitrogen and oxygen atoms in total. The van der Waals surface area contributed by atoms with Crippen molar-refractivity contribution in [1.29, 1.82) is 0 Å². The zero-order chi connectivity index (χ0) is 21.5. The van der Waals surface area contributed by atoms with Crippen molar-refractivity contribution >= 4 is 28.2 Å². The third-order valence-corrected chi connectivity index (χ3v) is 6.58. The molecule has 0 unspecified atom stereocenters. The summed E-state index contributed by atoms with van der Waals surface area (Å²) >= 11 is 0. The Morgan fingerprint density at radius 1 is 1.16 bits per heavy atom. The number of phenolic OH excluding ortho intramolecular Hbond substituents is 1. The molecular formula is C24H29N5O2. The normalized spacial score (nSPS) is 17.3. The Morgan fingerprint density at radius 2 is 1.87 bits per heavy atom. The van der Waals surface area contributed by atoms with Crippen molar-refractivity contribution in [3.63, 3.8) is 0 Å². The van der Waals surface area contributed by atoms with Gasteiger partial charge in [-0.05, 0) is 62.6 Å². The van der Waals surface area contributed by atoms with Crippen LogP contribution < -0.4 is 9.80 Å². The summed E-state index contributed by atoms with van der Waals surface area (Å²) in [6, 6.07) is 11.5. The van der Waals surface area contributed by atoms with Gasteiger partial charge < -0.3 is 19.8 Å². The number of hydrogen-bond acceptors (Lipinski definition) is 5. The van der Waals surface area contributed by atoms with Crippen LogP contribution in [0.2, 0.25) is 0 Å². The highest BCUT2D eigenvalue weighted by Gasteiger charge is 2.25. The predicted octanol–water partition coefficient (Wildman–Crippen LogP) is 3.25. The summed E-state index contributed by atoms with van der Waals surface area (Å²) < 4.78 is 0. The van der Waals surface area contributed by atoms with Crippen molar-refractivity contribution in [3.05, 3.63) is 47.7 Å². The van der Waals surface area contributed by atoms with Crippen LogP contribution in [0.4, 0.5) is 11.4 Å². The molecule has 0 spiro atoms. The number of carbonyl (C=O) groups excluding carboxylic acids is 1. The summed E-state index contributed by atoms with van der Waals surface area (Å²) in [4.78, 5) is 19.5. The summed E-state index contributed by atoms with van der Waals surface area (Å²) in [6.07, 6.45) is 3.40. The highest BCUT2D eigenvalue weighted by molar-refractivity contribution is 6.09. The number of rotatable bonds is 5. The van der Waals surface area contributed by atoms with Crippen molar-refractivity contribution in [2.45, 2.75) is 19.3 Å². The predicted molar refractivity (Wildman–Crippen MR) is 123 cm³/mol. The van der Waals surface area contributed by atoms with Gasteiger partial charge in [-0.3, -0.25) is 9.89 Å². The SMILES string of the molecule is CN1CCN(c2ccc(N(C)C(=O)c3cc4c(CC5CC5)n[nH]c4cc3O)cc2)CC1. The number of carbonyl (C=O) groups is 1. The third kappa shape index (κ3) is 3.97. The summed E-state index contributed by atoms with van der Waals surface area (Å²) in [5.41, 5.74) is 4.02. The van der Waals surface area contributed by atoms with E-state index in [9.17, 15) is 9.90 Å². The smallest absolute Gasteiger partial charge is 0.261 e. The minimum atomic E-state index is -0.231. The third-order valence-electron chi connectivity index (χ3n) is 6.58. The number of phenols is 1. The zero-order valence-corrected chi connectivity index (χ0v) is 18.1. The van der Waals surface area contributed by atoms with E-state index in [1.807, 2.05) is 12.1 Å². The lowest BCUT2D eigenvalue weighted by Crippen LogP contribution is -2.44. The second kappa shape index (κ2) is 7.89. The number of fused-ring (bicyclic) bond motifs is 1. The Kier molecular flexibility index (Phi) is 5.06. The molecular weight excluding hydrogens is 390 g/mol. The number of amides is 1. The second-order valence-electron chi connectivity index (χ2n) is 8.90. The van der Waals surface area contributed by atoms with Crippen LogP contribution in [0.15, 0.2) is 36.4 Å². The van der Waals surface area contributed by atoms with Crippen LogP contribution in [-0.2, 0) is 6.42 Å². The van der Waals surface area contributed by atoms with Gasteiger partial charge in [0.05, 0.1) is 16.8 Å². The van der Waals surface area contributed by atoms with E-state index >= 15 is 0 Å². The number of aromatic hydroxyl groups is 1. The lowest BCUT2D eigenvalue weighted by Gasteiger charge is -2.34. The molecule has 1 amide bonds. The second-order valence-corrected chi connectivity index (χ2v) is 8.90. The molecule has 3 aromatic rings. The maximum absolute atomic E-state index is 13.2. The minimum Gasteiger partial charge on any atom is -0.507 e. The van der Waals surface area contributed by atoms with Gasteiger partial charge in [-0.2, -0.15) is 5.10 Å². The molecule has 162 valence electrons. The van der Waals surface area contributed by atoms with E-state index < -0.39 is 0 Å². The topological polar surface area (TPSA) is 75.7 Å². The van der Waals surface area contributed by atoms with E-state index in [1.54, 1.807) is 24.1 Å². The Bertz CT molecular complexity index is 1100. The molecule has 1 aliphatic carbocycles. The van der Waals surface area contributed by atoms with Crippen molar-refractivity contribution in [1.82, 2.24) is 15.1 Å². The van der Waals surface area contributed by atoms with E-state index in [-0.39, 0.29) is 11.7 Å². The van der Waals surface area contributed by atoms with Crippen LogP contribution in [0.3, 0.4) is 0 Å². The number of hydrogen-bond donors (Lipinski definition) is 2. The summed E-state index contributed by atoms with van der Waals surface area (Å²) in [5.74, 6) is 0.436. The Hall–Kier alpha value is -3.06. The van der Waals surface area contributed by atoms with Gasteiger partial charge in [-0.1, -0.05) is 0 Å². The number of anilines is 2. The van der Waals surface area contributed by atoms with Gasteiger partial charge in [0.15, 0.2) is 0 Å². The number of likely N-dealkylation sites (N-methyl/N-ethyl adjacent to an activating group) is 1. The fourth-order valence-corrected chi connectivity index (χ4v) is 4.28. The minimum absolute atomic E-state index is 0.0278. The first-order valence-electron chi connectivity index (χ1n) is 11.0. The number of nitrogens with zero attached hydrogens (tertiary/aromatic N) is 4. The molecule has 2 fully saturated rings. The van der Waals surface area contributed by atoms with Gasteiger partial charge in [-0.25, -0.2) is 0 Å². The lowest BCUT2D eigenvalue weighted by atomic mass is 10.1. The van der Waals surface area contributed by atoms with E-state index in [1.165, 1.54) is 18.5 Å². The molecule has 2 aromatic carbocycles. The van der Waals surface area contributed by atoms with Gasteiger partial charge in [0.2, 0.25) is 0 Å². The standard InChI is InChI=1S/C24H29N5O2/c1-27-9-11-29(12-10-27)18-7-5-17(6-8-18)28(2)24(31)20-14-19-21(13-16-3-4-16)25-26-22(19)15-23(20)30/h5-8,14-16,30H,3-4,9-13H2,1-2H3,(H,25,26). The Morgan fingerprint density at radius 3 is 2.55 bits per heavy atom. The molecule has 1 saturated carbocycles. The molecule has 31 heavy (non-hydrogen) atoms. The van der Waals surface area contributed by atoms with E-state index in [4.69, 9.17) is 0 Å². The first-order valence-corrected chi connectivity index (χ1v) is 11.0. The first-order chi connectivity index (χ1) is 15.0. The molecule has 1 aromatic heterocycles. The molecule has 1 aliphatic heterocycles. The van der Waals surface area contributed by atoms with Crippen molar-refractivity contribution in [2.75, 3.05) is 50.1 Å². The fourth-order valence-electron chi connectivity index (χ4n) is 4.28. The van der Waals surface area contributed by atoms with Crippen LogP contribution >= 0.6 is 0 Å². The number of piperazine rings is 1. The number of nitrogens with one attached hydrogen (secondary N) is 1. The van der Waals surface area contributed by atoms with Crippen LogP contribution in [-0.4, -0.2) is 66.4 Å². The summed E-state index contributed by atoms with van der Waals surface area (Å²) in [7, 11) is 3.89. The van der Waals surface area contributed by atoms with E-state index in [0.29, 0.717) is 11.5 Å². The van der Waals surface area contributed by atoms with Gasteiger partial charge in [0.25, 0.3) is 5.91 Å². The zero-order valence-electron chi connectivity index (χ0n) is 18.1. The van der Waals surface area contributed by atoms with Gasteiger partial charge in [-0.15, -0.1) is 0 Å². The van der Waals surface area contributed by atoms with Gasteiger partial charge in [0, 0.05) is 56.1 Å². The van der Waals surface area contributed by atoms with Crippen LogP contribution in [0, 0.1) is 5.92 Å². The largest absolute Gasteiger partial charge is 0.507 e. The molecule has 0 radical (unpaired) electrons. The highest BCUT2D eigenvalue weighted by atomic mass is 16.3. The highest BCUT2D eigenvalue weighted by Crippen LogP contribution is 2.35. The van der Waals surface area contributed by atoms with Crippen LogP contribution in [0.25, 0.3) is 10.9 Å². The van der Waals surface area contributed by atoms with E-state index in [0.717, 1.165) is 54.9 Å². The quantitative estimate of drug-likeness (QED) is 0.664. The summed E-state index contributed by atoms with van der Waals surface area (Å²) in [6.45, 7) is 4.12. The van der Waals surface area contributed by atoms with Crippen LogP contribution in [0.5, 0.6) is 5.75 Å². The molecule has 1 saturated heterocycles. The van der Waals surface area contributed by atoms with Gasteiger partial charge in [0.1, 0.15) is 5.75 Å². The van der Waals surface area contributed by atoms with Gasteiger partial charge >= 0.3 is 0 Å². The maximum Gasteiger partial charge on any atom is 0.261 e. The monoisotopic (exact) mass is 419 g/mol. The van der Waals surface area contributed by atoms with Crippen molar-refractivity contribution < 1.29 is 9.90 Å². The molecule has 2 heterocycles. The molecule has 5 rings (SSSR count). The average molecular weight is 420 g/mol. The average Bonchev–Trinajstić information content (AvgIpc) is 3.52. The lowest BCUT2D eigenvalue weighted by molar-refractivity contribution is 0.0990. The number of aromatic amines is 1. The fraction of sp³-hybridized carbons (Fsp3) is 0.417. The number of H-pyrrole nitrogens is 1. The van der Waals surface area contributed by atoms with Crippen LogP contribution in [0.1, 0.15) is 28.9 Å².